The Bertz CT molecular complexity index is 556. The van der Waals surface area contributed by atoms with Crippen LogP contribution in [0.1, 0.15) is 0 Å². The fraction of sp³-hybridized carbons (Fsp3) is 0.167. The highest BCUT2D eigenvalue weighted by molar-refractivity contribution is 6.32. The summed E-state index contributed by atoms with van der Waals surface area (Å²) in [6, 6.07) is 7.90. The van der Waals surface area contributed by atoms with Gasteiger partial charge in [-0.2, -0.15) is 0 Å². The van der Waals surface area contributed by atoms with Gasteiger partial charge in [0, 0.05) is 25.5 Å². The number of anilines is 4. The Kier molecular flexibility index (Phi) is 3.53. The third kappa shape index (κ3) is 2.62. The van der Waals surface area contributed by atoms with Crippen LogP contribution in [-0.4, -0.2) is 24.1 Å². The molecule has 6 heteroatoms. The highest BCUT2D eigenvalue weighted by atomic mass is 35.5. The van der Waals surface area contributed by atoms with Gasteiger partial charge in [0.15, 0.2) is 11.0 Å². The maximum atomic E-state index is 5.84. The lowest BCUT2D eigenvalue weighted by atomic mass is 10.2. The lowest BCUT2D eigenvalue weighted by molar-refractivity contribution is 1.13. The molecule has 0 radical (unpaired) electrons. The molecule has 1 aromatic heterocycles. The maximum Gasteiger partial charge on any atom is 0.158 e. The molecular weight excluding hydrogens is 250 g/mol. The van der Waals surface area contributed by atoms with Crippen LogP contribution in [0.4, 0.5) is 22.9 Å². The second kappa shape index (κ2) is 5.10. The topological polar surface area (TPSA) is 67.1 Å². The van der Waals surface area contributed by atoms with Crippen molar-refractivity contribution in [2.24, 2.45) is 0 Å². The number of nitrogens with zero attached hydrogens (tertiary/aromatic N) is 3. The highest BCUT2D eigenvalue weighted by Gasteiger charge is 2.06. The van der Waals surface area contributed by atoms with Crippen LogP contribution in [0.3, 0.4) is 0 Å². The fourth-order valence-electron chi connectivity index (χ4n) is 1.47. The van der Waals surface area contributed by atoms with Crippen LogP contribution < -0.4 is 16.0 Å². The molecule has 2 rings (SSSR count). The van der Waals surface area contributed by atoms with E-state index < -0.39 is 0 Å². The van der Waals surface area contributed by atoms with Crippen LogP contribution in [0.5, 0.6) is 0 Å². The van der Waals surface area contributed by atoms with Crippen molar-refractivity contribution in [1.82, 2.24) is 9.97 Å². The molecule has 0 amide bonds. The van der Waals surface area contributed by atoms with E-state index in [1.54, 1.807) is 0 Å². The number of nitrogens with one attached hydrogen (secondary N) is 1. The van der Waals surface area contributed by atoms with E-state index in [1.807, 2.05) is 43.3 Å². The lowest BCUT2D eigenvalue weighted by Crippen LogP contribution is -2.08. The number of halogens is 1. The summed E-state index contributed by atoms with van der Waals surface area (Å²) in [6.07, 6.45) is 1.37. The van der Waals surface area contributed by atoms with E-state index in [4.69, 9.17) is 17.3 Å². The molecule has 18 heavy (non-hydrogen) atoms. The second-order valence-corrected chi connectivity index (χ2v) is 4.35. The number of hydrogen-bond donors (Lipinski definition) is 2. The summed E-state index contributed by atoms with van der Waals surface area (Å²) in [5.41, 5.74) is 8.11. The molecule has 0 atom stereocenters. The van der Waals surface area contributed by atoms with Crippen molar-refractivity contribution < 1.29 is 0 Å². The van der Waals surface area contributed by atoms with Crippen molar-refractivity contribution in [2.75, 3.05) is 30.0 Å². The van der Waals surface area contributed by atoms with Gasteiger partial charge in [0.05, 0.1) is 0 Å². The zero-order valence-electron chi connectivity index (χ0n) is 10.2. The number of hydrogen-bond acceptors (Lipinski definition) is 5. The average Bonchev–Trinajstić information content (AvgIpc) is 2.35. The second-order valence-electron chi connectivity index (χ2n) is 4.00. The lowest BCUT2D eigenvalue weighted by Gasteiger charge is -2.14. The van der Waals surface area contributed by atoms with Crippen molar-refractivity contribution in [3.05, 3.63) is 35.7 Å². The number of nitrogens with two attached hydrogens (primary N) is 1. The van der Waals surface area contributed by atoms with E-state index in [-0.39, 0.29) is 5.15 Å². The van der Waals surface area contributed by atoms with Gasteiger partial charge in [0.2, 0.25) is 0 Å². The van der Waals surface area contributed by atoms with Crippen LogP contribution >= 0.6 is 11.6 Å². The van der Waals surface area contributed by atoms with Gasteiger partial charge < -0.3 is 16.0 Å². The van der Waals surface area contributed by atoms with Gasteiger partial charge in [-0.05, 0) is 18.2 Å². The van der Waals surface area contributed by atoms with Gasteiger partial charge in [0.25, 0.3) is 0 Å². The Labute approximate surface area is 111 Å². The minimum absolute atomic E-state index is 0.247. The first-order valence-corrected chi connectivity index (χ1v) is 5.76. The molecule has 0 aliphatic rings. The first kappa shape index (κ1) is 12.4. The molecule has 0 saturated heterocycles. The smallest absolute Gasteiger partial charge is 0.158 e. The minimum Gasteiger partial charge on any atom is -0.393 e. The molecule has 94 valence electrons. The van der Waals surface area contributed by atoms with Crippen molar-refractivity contribution in [1.29, 1.82) is 0 Å². The highest BCUT2D eigenvalue weighted by Crippen LogP contribution is 2.26. The Hall–Kier alpha value is -2.01. The molecule has 0 aliphatic heterocycles. The molecule has 0 aliphatic carbocycles. The zero-order chi connectivity index (χ0) is 13.1. The molecule has 0 bridgehead atoms. The van der Waals surface area contributed by atoms with Crippen molar-refractivity contribution in [2.45, 2.75) is 0 Å². The minimum atomic E-state index is 0.247. The molecule has 0 fully saturated rings. The predicted octanol–water partition coefficient (Wildman–Crippen LogP) is 2.52. The van der Waals surface area contributed by atoms with Gasteiger partial charge in [-0.25, -0.2) is 9.97 Å². The standard InChI is InChI=1S/C12H14ClN5/c1-18(2)9-5-3-4-8(6-9)17-12-10(14)11(13)15-7-16-12/h3-7H,14H2,1-2H3,(H,15,16,17). The Morgan fingerprint density at radius 3 is 2.78 bits per heavy atom. The van der Waals surface area contributed by atoms with E-state index >= 15 is 0 Å². The molecule has 0 unspecified atom stereocenters. The molecule has 1 heterocycles. The zero-order valence-corrected chi connectivity index (χ0v) is 10.9. The number of aromatic nitrogens is 2. The van der Waals surface area contributed by atoms with E-state index in [0.29, 0.717) is 11.5 Å². The van der Waals surface area contributed by atoms with Crippen LogP contribution in [-0.2, 0) is 0 Å². The summed E-state index contributed by atoms with van der Waals surface area (Å²) >= 11 is 5.84. The monoisotopic (exact) mass is 263 g/mol. The average molecular weight is 264 g/mol. The molecule has 5 nitrogen and oxygen atoms in total. The molecule has 2 aromatic rings. The van der Waals surface area contributed by atoms with Gasteiger partial charge in [-0.15, -0.1) is 0 Å². The fourth-order valence-corrected chi connectivity index (χ4v) is 1.61. The van der Waals surface area contributed by atoms with E-state index in [9.17, 15) is 0 Å². The van der Waals surface area contributed by atoms with Crippen LogP contribution in [0.25, 0.3) is 0 Å². The number of rotatable bonds is 3. The first-order valence-electron chi connectivity index (χ1n) is 5.38. The Morgan fingerprint density at radius 1 is 1.28 bits per heavy atom. The molecule has 0 spiro atoms. The maximum absolute atomic E-state index is 5.84. The van der Waals surface area contributed by atoms with E-state index in [1.165, 1.54) is 6.33 Å². The summed E-state index contributed by atoms with van der Waals surface area (Å²) in [4.78, 5) is 9.89. The van der Waals surface area contributed by atoms with E-state index in [2.05, 4.69) is 15.3 Å². The van der Waals surface area contributed by atoms with Crippen LogP contribution in [0.2, 0.25) is 5.15 Å². The summed E-state index contributed by atoms with van der Waals surface area (Å²) < 4.78 is 0. The Balaban J connectivity index is 2.28. The van der Waals surface area contributed by atoms with E-state index in [0.717, 1.165) is 11.4 Å². The van der Waals surface area contributed by atoms with Crippen molar-refractivity contribution >= 4 is 34.5 Å². The molecular formula is C12H14ClN5. The summed E-state index contributed by atoms with van der Waals surface area (Å²) in [6.45, 7) is 0. The van der Waals surface area contributed by atoms with Gasteiger partial charge >= 0.3 is 0 Å². The third-order valence-corrected chi connectivity index (χ3v) is 2.76. The predicted molar refractivity (Wildman–Crippen MR) is 75.5 cm³/mol. The van der Waals surface area contributed by atoms with Gasteiger partial charge in [0.1, 0.15) is 12.0 Å². The molecule has 3 N–H and O–H groups in total. The van der Waals surface area contributed by atoms with Crippen molar-refractivity contribution in [3.63, 3.8) is 0 Å². The molecule has 1 aromatic carbocycles. The summed E-state index contributed by atoms with van der Waals surface area (Å²) in [7, 11) is 3.96. The molecule has 0 saturated carbocycles. The van der Waals surface area contributed by atoms with Gasteiger partial charge in [-0.3, -0.25) is 0 Å². The number of benzene rings is 1. The normalized spacial score (nSPS) is 10.2. The summed E-state index contributed by atoms with van der Waals surface area (Å²) in [5.74, 6) is 0.505. The van der Waals surface area contributed by atoms with Crippen LogP contribution in [0.15, 0.2) is 30.6 Å². The Morgan fingerprint density at radius 2 is 2.06 bits per heavy atom. The first-order chi connectivity index (χ1) is 8.58. The van der Waals surface area contributed by atoms with Gasteiger partial charge in [-0.1, -0.05) is 17.7 Å². The third-order valence-electron chi connectivity index (χ3n) is 2.46. The van der Waals surface area contributed by atoms with Crippen molar-refractivity contribution in [3.8, 4) is 0 Å². The van der Waals surface area contributed by atoms with Crippen LogP contribution in [0, 0.1) is 0 Å². The SMILES string of the molecule is CN(C)c1cccc(Nc2ncnc(Cl)c2N)c1. The number of nitrogen functional groups attached to an aromatic ring is 1. The summed E-state index contributed by atoms with van der Waals surface area (Å²) in [5, 5.41) is 3.37. The largest absolute Gasteiger partial charge is 0.393 e. The quantitative estimate of drug-likeness (QED) is 0.833.